The van der Waals surface area contributed by atoms with Gasteiger partial charge in [0.15, 0.2) is 0 Å². The lowest BCUT2D eigenvalue weighted by atomic mass is 10.1. The molecule has 1 N–H and O–H groups in total. The Bertz CT molecular complexity index is 1340. The fraction of sp³-hybridized carbons (Fsp3) is 0.379. The van der Waals surface area contributed by atoms with Crippen LogP contribution >= 0.6 is 0 Å². The normalized spacial score (nSPS) is 12.1. The zero-order chi connectivity index (χ0) is 27.7. The highest BCUT2D eigenvalue weighted by Gasteiger charge is 2.32. The Morgan fingerprint density at radius 1 is 0.974 bits per heavy atom. The van der Waals surface area contributed by atoms with Gasteiger partial charge in [0.05, 0.1) is 19.1 Å². The standard InChI is InChI=1S/C29H37N3O5S/c1-5-7-19-30-29(34)26(6-2)31(20-22-15-17-24(37-3)18-16-22)28(33)21-32(38(4,35)36)27-14-10-12-23-11-8-9-13-25(23)27/h8-18,26H,5-7,19-21H2,1-4H3,(H,30,34)/t26-/m0/s1. The molecule has 0 aliphatic rings. The third kappa shape index (κ3) is 7.25. The molecule has 38 heavy (non-hydrogen) atoms. The summed E-state index contributed by atoms with van der Waals surface area (Å²) in [6.07, 6.45) is 3.23. The minimum Gasteiger partial charge on any atom is -0.497 e. The van der Waals surface area contributed by atoms with E-state index in [9.17, 15) is 18.0 Å². The number of ether oxygens (including phenoxy) is 1. The van der Waals surface area contributed by atoms with E-state index in [0.29, 0.717) is 24.4 Å². The van der Waals surface area contributed by atoms with E-state index < -0.39 is 28.5 Å². The molecular formula is C29H37N3O5S. The Balaban J connectivity index is 1.98. The van der Waals surface area contributed by atoms with Crippen LogP contribution in [-0.2, 0) is 26.2 Å². The second-order valence-electron chi connectivity index (χ2n) is 9.21. The number of hydrogen-bond donors (Lipinski definition) is 1. The molecule has 0 saturated heterocycles. The first-order valence-electron chi connectivity index (χ1n) is 12.8. The van der Waals surface area contributed by atoms with Gasteiger partial charge in [-0.1, -0.05) is 68.8 Å². The van der Waals surface area contributed by atoms with Gasteiger partial charge in [0, 0.05) is 18.5 Å². The summed E-state index contributed by atoms with van der Waals surface area (Å²) in [6, 6.07) is 19.3. The number of unbranched alkanes of at least 4 members (excludes halogenated alkanes) is 1. The largest absolute Gasteiger partial charge is 0.497 e. The molecule has 3 rings (SSSR count). The molecule has 0 aliphatic carbocycles. The molecular weight excluding hydrogens is 502 g/mol. The molecule has 0 radical (unpaired) electrons. The van der Waals surface area contributed by atoms with Crippen LogP contribution in [0.25, 0.3) is 10.8 Å². The highest BCUT2D eigenvalue weighted by Crippen LogP contribution is 2.29. The first-order chi connectivity index (χ1) is 18.2. The molecule has 3 aromatic carbocycles. The Morgan fingerprint density at radius 3 is 2.29 bits per heavy atom. The molecule has 0 spiro atoms. The predicted molar refractivity (Wildman–Crippen MR) is 152 cm³/mol. The topological polar surface area (TPSA) is 96.0 Å². The fourth-order valence-electron chi connectivity index (χ4n) is 4.37. The van der Waals surface area contributed by atoms with Crippen molar-refractivity contribution >= 4 is 38.3 Å². The Kier molecular flexibility index (Phi) is 10.1. The molecule has 204 valence electrons. The maximum absolute atomic E-state index is 13.9. The number of amides is 2. The van der Waals surface area contributed by atoms with E-state index in [1.807, 2.05) is 56.3 Å². The van der Waals surface area contributed by atoms with E-state index >= 15 is 0 Å². The maximum atomic E-state index is 13.9. The van der Waals surface area contributed by atoms with E-state index in [-0.39, 0.29) is 12.5 Å². The Hall–Kier alpha value is -3.59. The smallest absolute Gasteiger partial charge is 0.244 e. The SMILES string of the molecule is CCCCNC(=O)[C@H](CC)N(Cc1ccc(OC)cc1)C(=O)CN(c1cccc2ccccc12)S(C)(=O)=O. The zero-order valence-electron chi connectivity index (χ0n) is 22.5. The Labute approximate surface area is 225 Å². The van der Waals surface area contributed by atoms with Gasteiger partial charge in [-0.3, -0.25) is 13.9 Å². The first kappa shape index (κ1) is 29.0. The second kappa shape index (κ2) is 13.3. The highest BCUT2D eigenvalue weighted by atomic mass is 32.2. The average molecular weight is 540 g/mol. The van der Waals surface area contributed by atoms with Crippen molar-refractivity contribution in [2.24, 2.45) is 0 Å². The van der Waals surface area contributed by atoms with Gasteiger partial charge in [0.2, 0.25) is 21.8 Å². The second-order valence-corrected chi connectivity index (χ2v) is 11.1. The van der Waals surface area contributed by atoms with E-state index in [2.05, 4.69) is 5.32 Å². The molecule has 0 aliphatic heterocycles. The van der Waals surface area contributed by atoms with Crippen molar-refractivity contribution in [2.75, 3.05) is 30.8 Å². The van der Waals surface area contributed by atoms with Crippen LogP contribution < -0.4 is 14.4 Å². The third-order valence-electron chi connectivity index (χ3n) is 6.44. The highest BCUT2D eigenvalue weighted by molar-refractivity contribution is 7.92. The van der Waals surface area contributed by atoms with Crippen LogP contribution in [0.5, 0.6) is 5.75 Å². The number of methoxy groups -OCH3 is 1. The number of rotatable bonds is 13. The van der Waals surface area contributed by atoms with Gasteiger partial charge in [0.25, 0.3) is 0 Å². The quantitative estimate of drug-likeness (QED) is 0.326. The minimum atomic E-state index is -3.82. The summed E-state index contributed by atoms with van der Waals surface area (Å²) in [5.74, 6) is -0.0364. The molecule has 9 heteroatoms. The lowest BCUT2D eigenvalue weighted by Crippen LogP contribution is -2.52. The molecule has 0 heterocycles. The van der Waals surface area contributed by atoms with Crippen molar-refractivity contribution in [3.63, 3.8) is 0 Å². The number of sulfonamides is 1. The number of carbonyl (C=O) groups is 2. The third-order valence-corrected chi connectivity index (χ3v) is 7.57. The predicted octanol–water partition coefficient (Wildman–Crippen LogP) is 4.34. The van der Waals surface area contributed by atoms with Gasteiger partial charge >= 0.3 is 0 Å². The molecule has 8 nitrogen and oxygen atoms in total. The molecule has 0 unspecified atom stereocenters. The summed E-state index contributed by atoms with van der Waals surface area (Å²) in [5, 5.41) is 4.51. The number of benzene rings is 3. The van der Waals surface area contributed by atoms with Crippen LogP contribution in [0.1, 0.15) is 38.7 Å². The van der Waals surface area contributed by atoms with Crippen LogP contribution in [0.2, 0.25) is 0 Å². The van der Waals surface area contributed by atoms with Crippen molar-refractivity contribution in [1.82, 2.24) is 10.2 Å². The number of nitrogens with zero attached hydrogens (tertiary/aromatic N) is 2. The summed E-state index contributed by atoms with van der Waals surface area (Å²) in [7, 11) is -2.25. The summed E-state index contributed by atoms with van der Waals surface area (Å²) in [4.78, 5) is 28.5. The molecule has 0 saturated carbocycles. The molecule has 1 atom stereocenters. The van der Waals surface area contributed by atoms with Crippen molar-refractivity contribution in [3.05, 3.63) is 72.3 Å². The van der Waals surface area contributed by atoms with Crippen molar-refractivity contribution in [1.29, 1.82) is 0 Å². The number of nitrogens with one attached hydrogen (secondary N) is 1. The fourth-order valence-corrected chi connectivity index (χ4v) is 5.24. The van der Waals surface area contributed by atoms with Gasteiger partial charge in [-0.2, -0.15) is 0 Å². The molecule has 2 amide bonds. The van der Waals surface area contributed by atoms with Crippen LogP contribution in [0.3, 0.4) is 0 Å². The lowest BCUT2D eigenvalue weighted by Gasteiger charge is -2.33. The van der Waals surface area contributed by atoms with Crippen molar-refractivity contribution in [3.8, 4) is 5.75 Å². The minimum absolute atomic E-state index is 0.148. The van der Waals surface area contributed by atoms with Gasteiger partial charge < -0.3 is 15.0 Å². The number of anilines is 1. The number of fused-ring (bicyclic) bond motifs is 1. The van der Waals surface area contributed by atoms with E-state index in [0.717, 1.165) is 39.7 Å². The molecule has 3 aromatic rings. The Morgan fingerprint density at radius 2 is 1.66 bits per heavy atom. The first-order valence-corrected chi connectivity index (χ1v) is 14.7. The number of carbonyl (C=O) groups excluding carboxylic acids is 2. The summed E-state index contributed by atoms with van der Waals surface area (Å²) in [5.41, 5.74) is 1.22. The summed E-state index contributed by atoms with van der Waals surface area (Å²) in [6.45, 7) is 4.12. The van der Waals surface area contributed by atoms with E-state index in [1.165, 1.54) is 4.90 Å². The lowest BCUT2D eigenvalue weighted by molar-refractivity contribution is -0.140. The summed E-state index contributed by atoms with van der Waals surface area (Å²) >= 11 is 0. The van der Waals surface area contributed by atoms with Crippen molar-refractivity contribution in [2.45, 2.75) is 45.7 Å². The van der Waals surface area contributed by atoms with Gasteiger partial charge in [-0.25, -0.2) is 8.42 Å². The van der Waals surface area contributed by atoms with Crippen LogP contribution in [0.15, 0.2) is 66.7 Å². The van der Waals surface area contributed by atoms with E-state index in [4.69, 9.17) is 4.74 Å². The van der Waals surface area contributed by atoms with Gasteiger partial charge in [-0.15, -0.1) is 0 Å². The molecule has 0 fully saturated rings. The van der Waals surface area contributed by atoms with Crippen molar-refractivity contribution < 1.29 is 22.7 Å². The van der Waals surface area contributed by atoms with Gasteiger partial charge in [-0.05, 0) is 42.0 Å². The van der Waals surface area contributed by atoms with Gasteiger partial charge in [0.1, 0.15) is 18.3 Å². The monoisotopic (exact) mass is 539 g/mol. The van der Waals surface area contributed by atoms with E-state index in [1.54, 1.807) is 31.4 Å². The maximum Gasteiger partial charge on any atom is 0.244 e. The summed E-state index contributed by atoms with van der Waals surface area (Å²) < 4.78 is 32.3. The number of hydrogen-bond acceptors (Lipinski definition) is 5. The van der Waals surface area contributed by atoms with Crippen LogP contribution in [-0.4, -0.2) is 57.6 Å². The van der Waals surface area contributed by atoms with Crippen LogP contribution in [0.4, 0.5) is 5.69 Å². The zero-order valence-corrected chi connectivity index (χ0v) is 23.3. The molecule has 0 bridgehead atoms. The average Bonchev–Trinajstić information content (AvgIpc) is 2.91. The van der Waals surface area contributed by atoms with Crippen LogP contribution in [0, 0.1) is 0 Å². The molecule has 0 aromatic heterocycles.